The van der Waals surface area contributed by atoms with Gasteiger partial charge in [0.1, 0.15) is 17.2 Å². The molecule has 0 spiro atoms. The molecule has 0 bridgehead atoms. The number of aliphatic hydroxyl groups excluding tert-OH is 1. The predicted octanol–water partition coefficient (Wildman–Crippen LogP) is 2.32. The van der Waals surface area contributed by atoms with Gasteiger partial charge in [0, 0.05) is 18.3 Å². The van der Waals surface area contributed by atoms with Crippen molar-refractivity contribution < 1.29 is 18.6 Å². The molecule has 0 radical (unpaired) electrons. The number of imidazole rings is 1. The molecule has 1 atom stereocenters. The fourth-order valence-corrected chi connectivity index (χ4v) is 5.56. The van der Waals surface area contributed by atoms with Crippen LogP contribution >= 0.6 is 22.6 Å². The molecule has 14 heteroatoms. The zero-order valence-corrected chi connectivity index (χ0v) is 21.8. The second-order valence-corrected chi connectivity index (χ2v) is 12.5. The number of halogens is 1. The molecule has 0 amide bonds. The molecule has 0 unspecified atom stereocenters. The second-order valence-electron chi connectivity index (χ2n) is 8.61. The van der Waals surface area contributed by atoms with E-state index < -0.39 is 20.2 Å². The van der Waals surface area contributed by atoms with Gasteiger partial charge in [-0.1, -0.05) is 0 Å². The molecule has 0 aliphatic heterocycles. The number of hydrogen-bond acceptors (Lipinski definition) is 10. The number of pyridine rings is 1. The third-order valence-corrected chi connectivity index (χ3v) is 8.44. The van der Waals surface area contributed by atoms with Crippen LogP contribution in [0.2, 0.25) is 0 Å². The van der Waals surface area contributed by atoms with Crippen molar-refractivity contribution in [3.05, 3.63) is 42.7 Å². The molecule has 3 N–H and O–H groups in total. The first kappa shape index (κ1) is 24.0. The lowest BCUT2D eigenvalue weighted by Crippen LogP contribution is -2.27. The van der Waals surface area contributed by atoms with E-state index >= 15 is 0 Å². The van der Waals surface area contributed by atoms with Gasteiger partial charge in [0.05, 0.1) is 41.5 Å². The topological polar surface area (TPSA) is 161 Å². The van der Waals surface area contributed by atoms with Crippen molar-refractivity contribution in [3.8, 4) is 11.4 Å². The number of anilines is 2. The number of hydrogen-bond donors (Lipinski definition) is 3. The summed E-state index contributed by atoms with van der Waals surface area (Å²) < 4.78 is 26.1. The summed E-state index contributed by atoms with van der Waals surface area (Å²) in [6.07, 6.45) is 7.30. The number of rotatable bonds is 8. The van der Waals surface area contributed by atoms with Gasteiger partial charge in [0.15, 0.2) is 15.3 Å². The van der Waals surface area contributed by atoms with Crippen molar-refractivity contribution >= 4 is 55.3 Å². The second kappa shape index (κ2) is 8.76. The average molecular weight is 610 g/mol. The molecule has 4 heterocycles. The molecule has 35 heavy (non-hydrogen) atoms. The quantitative estimate of drug-likeness (QED) is 0.200. The Balaban J connectivity index is 1.45. The molecule has 5 rings (SSSR count). The molecule has 4 aromatic rings. The van der Waals surface area contributed by atoms with E-state index in [-0.39, 0.29) is 11.3 Å². The first-order valence-corrected chi connectivity index (χ1v) is 13.5. The highest BCUT2D eigenvalue weighted by molar-refractivity contribution is 14.1. The average Bonchev–Trinajstić information content (AvgIpc) is 3.43. The van der Waals surface area contributed by atoms with Crippen LogP contribution in [0, 0.1) is 0 Å². The van der Waals surface area contributed by atoms with Crippen molar-refractivity contribution in [3.63, 3.8) is 0 Å². The van der Waals surface area contributed by atoms with Gasteiger partial charge in [-0.3, -0.25) is 0 Å². The van der Waals surface area contributed by atoms with E-state index in [0.29, 0.717) is 47.2 Å². The Morgan fingerprint density at radius 2 is 2.00 bits per heavy atom. The monoisotopic (exact) mass is 610 g/mol. The van der Waals surface area contributed by atoms with Crippen molar-refractivity contribution in [2.75, 3.05) is 11.9 Å². The lowest BCUT2D eigenvalue weighted by molar-refractivity contribution is 0.0683. The number of nitrogens with zero attached hydrogens (tertiary/aromatic N) is 7. The van der Waals surface area contributed by atoms with E-state index in [1.807, 2.05) is 18.4 Å². The summed E-state index contributed by atoms with van der Waals surface area (Å²) in [7, 11) is -3.47. The van der Waals surface area contributed by atoms with Crippen LogP contribution in [-0.4, -0.2) is 64.2 Å². The smallest absolute Gasteiger partial charge is 0.256 e. The van der Waals surface area contributed by atoms with Gasteiger partial charge >= 0.3 is 0 Å². The number of aliphatic hydroxyl groups is 2. The maximum atomic E-state index is 12.4. The summed E-state index contributed by atoms with van der Waals surface area (Å²) in [6.45, 7) is 3.44. The largest absolute Gasteiger partial charge is 0.392 e. The Morgan fingerprint density at radius 3 is 2.69 bits per heavy atom. The zero-order chi connectivity index (χ0) is 25.0. The highest BCUT2D eigenvalue weighted by Gasteiger charge is 2.37. The van der Waals surface area contributed by atoms with Crippen LogP contribution in [0.4, 0.5) is 11.6 Å². The van der Waals surface area contributed by atoms with Crippen LogP contribution in [0.25, 0.3) is 22.4 Å². The molecule has 12 nitrogen and oxygen atoms in total. The highest BCUT2D eigenvalue weighted by Crippen LogP contribution is 2.34. The lowest BCUT2D eigenvalue weighted by Gasteiger charge is -2.22. The highest BCUT2D eigenvalue weighted by atomic mass is 127. The van der Waals surface area contributed by atoms with Crippen molar-refractivity contribution in [1.82, 2.24) is 33.7 Å². The fraction of sp³-hybridized carbons (Fsp3) is 0.381. The van der Waals surface area contributed by atoms with Gasteiger partial charge in [-0.15, -0.1) is 0 Å². The summed E-state index contributed by atoms with van der Waals surface area (Å²) in [6, 6.07) is 3.42. The molecule has 1 aliphatic rings. The minimum atomic E-state index is -3.47. The molecular weight excluding hydrogens is 587 g/mol. The standard InChI is InChI=1S/C21H23IN8O4S/c1-12(2)30-16-7-18(24-9-15(16)26-20(30)21(22,32)11-31)27-17-5-6-23-19(28-17)13-8-25-29(10-13)35(33,34)14-3-4-14/h5-10,12,14,31-32H,3-4,11H2,1-2H3,(H,23,24,27,28)/t21-/m0/s1. The minimum Gasteiger partial charge on any atom is -0.392 e. The molecule has 0 aromatic carbocycles. The van der Waals surface area contributed by atoms with Crippen LogP contribution in [0.1, 0.15) is 38.6 Å². The Bertz CT molecular complexity index is 1510. The van der Waals surface area contributed by atoms with Crippen LogP contribution in [0.3, 0.4) is 0 Å². The molecule has 1 fully saturated rings. The summed E-state index contributed by atoms with van der Waals surface area (Å²) in [4.78, 5) is 17.6. The Kier molecular flexibility index (Phi) is 6.01. The van der Waals surface area contributed by atoms with E-state index in [1.165, 1.54) is 12.4 Å². The van der Waals surface area contributed by atoms with Crippen molar-refractivity contribution in [2.45, 2.75) is 41.6 Å². The first-order valence-electron chi connectivity index (χ1n) is 10.9. The van der Waals surface area contributed by atoms with E-state index in [1.54, 1.807) is 47.1 Å². The maximum absolute atomic E-state index is 12.4. The summed E-state index contributed by atoms with van der Waals surface area (Å²) in [5.41, 5.74) is 1.79. The SMILES string of the molecule is CC(C)n1c([C@](O)(I)CO)nc2cnc(Nc3ccnc(-c4cnn(S(=O)(=O)C5CC5)c4)n3)cc21. The van der Waals surface area contributed by atoms with Gasteiger partial charge < -0.3 is 20.1 Å². The van der Waals surface area contributed by atoms with Crippen LogP contribution < -0.4 is 5.32 Å². The number of alkyl halides is 1. The molecular formula is C21H23IN8O4S. The molecule has 1 aliphatic carbocycles. The zero-order valence-electron chi connectivity index (χ0n) is 18.9. The number of aromatic nitrogens is 7. The van der Waals surface area contributed by atoms with E-state index in [0.717, 1.165) is 9.60 Å². The van der Waals surface area contributed by atoms with E-state index in [2.05, 4.69) is 30.4 Å². The van der Waals surface area contributed by atoms with Gasteiger partial charge in [-0.05, 0) is 55.3 Å². The maximum Gasteiger partial charge on any atom is 0.256 e. The normalized spacial score (nSPS) is 16.1. The summed E-state index contributed by atoms with van der Waals surface area (Å²) >= 11 is 1.77. The van der Waals surface area contributed by atoms with Crippen LogP contribution in [-0.2, 0) is 13.6 Å². The number of fused-ring (bicyclic) bond motifs is 1. The predicted molar refractivity (Wildman–Crippen MR) is 137 cm³/mol. The van der Waals surface area contributed by atoms with Gasteiger partial charge in [-0.2, -0.15) is 9.19 Å². The summed E-state index contributed by atoms with van der Waals surface area (Å²) in [5, 5.41) is 27.0. The van der Waals surface area contributed by atoms with Crippen molar-refractivity contribution in [2.24, 2.45) is 0 Å². The van der Waals surface area contributed by atoms with Crippen LogP contribution in [0.15, 0.2) is 36.9 Å². The fourth-order valence-electron chi connectivity index (χ4n) is 3.71. The van der Waals surface area contributed by atoms with Crippen molar-refractivity contribution in [1.29, 1.82) is 0 Å². The first-order chi connectivity index (χ1) is 16.6. The number of nitrogens with one attached hydrogen (secondary N) is 1. The Labute approximate surface area is 214 Å². The van der Waals surface area contributed by atoms with Gasteiger partial charge in [0.25, 0.3) is 10.0 Å². The third kappa shape index (κ3) is 4.50. The van der Waals surface area contributed by atoms with Gasteiger partial charge in [0.2, 0.25) is 0 Å². The van der Waals surface area contributed by atoms with E-state index in [9.17, 15) is 18.6 Å². The minimum absolute atomic E-state index is 0.0350. The van der Waals surface area contributed by atoms with Crippen LogP contribution in [0.5, 0.6) is 0 Å². The molecule has 0 saturated heterocycles. The Morgan fingerprint density at radius 1 is 1.23 bits per heavy atom. The Hall–Kier alpha value is -2.69. The summed E-state index contributed by atoms with van der Waals surface area (Å²) in [5.74, 6) is 1.60. The molecule has 184 valence electrons. The third-order valence-electron chi connectivity index (χ3n) is 5.58. The molecule has 1 saturated carbocycles. The molecule has 4 aromatic heterocycles. The van der Waals surface area contributed by atoms with Gasteiger partial charge in [-0.25, -0.2) is 28.4 Å². The van der Waals surface area contributed by atoms with E-state index in [4.69, 9.17) is 0 Å². The lowest BCUT2D eigenvalue weighted by atomic mass is 10.3.